The van der Waals surface area contributed by atoms with Crippen molar-refractivity contribution in [3.05, 3.63) is 76.2 Å². The Morgan fingerprint density at radius 1 is 1.09 bits per heavy atom. The summed E-state index contributed by atoms with van der Waals surface area (Å²) in [6.07, 6.45) is 0. The molecule has 2 aromatic carbocycles. The fourth-order valence-corrected chi connectivity index (χ4v) is 3.46. The molecule has 2 heterocycles. The molecule has 0 radical (unpaired) electrons. The van der Waals surface area contributed by atoms with Gasteiger partial charge in [-0.05, 0) is 36.4 Å². The van der Waals surface area contributed by atoms with E-state index in [0.29, 0.717) is 43.2 Å². The number of amides is 1. The summed E-state index contributed by atoms with van der Waals surface area (Å²) in [6.45, 7) is 2.40. The van der Waals surface area contributed by atoms with Gasteiger partial charge in [0.15, 0.2) is 5.76 Å². The maximum Gasteiger partial charge on any atom is 0.269 e. The largest absolute Gasteiger partial charge is 0.368 e. The monoisotopic (exact) mass is 440 g/mol. The van der Waals surface area contributed by atoms with Crippen molar-refractivity contribution in [3.8, 4) is 11.3 Å². The van der Waals surface area contributed by atoms with Gasteiger partial charge in [-0.2, -0.15) is 0 Å². The molecule has 0 unspecified atom stereocenters. The van der Waals surface area contributed by atoms with Crippen LogP contribution in [0.1, 0.15) is 5.69 Å². The van der Waals surface area contributed by atoms with E-state index >= 15 is 0 Å². The van der Waals surface area contributed by atoms with Crippen LogP contribution in [0.2, 0.25) is 0 Å². The van der Waals surface area contributed by atoms with E-state index in [1.54, 1.807) is 35.2 Å². The van der Waals surface area contributed by atoms with E-state index in [4.69, 9.17) is 9.26 Å². The Morgan fingerprint density at radius 3 is 2.44 bits per heavy atom. The minimum Gasteiger partial charge on any atom is -0.368 e. The molecule has 0 saturated carbocycles. The topological polar surface area (TPSA) is 102 Å². The SMILES string of the molecule is O=C(COCc1cc(-c2ccc(F)cc2)on1)N1CCN(c2ccc([N+](=O)[O-])cc2)CC1. The zero-order valence-electron chi connectivity index (χ0n) is 17.1. The minimum atomic E-state index is -0.428. The summed E-state index contributed by atoms with van der Waals surface area (Å²) < 4.78 is 23.8. The van der Waals surface area contributed by atoms with Gasteiger partial charge in [0.2, 0.25) is 5.91 Å². The van der Waals surface area contributed by atoms with Crippen molar-refractivity contribution in [2.24, 2.45) is 0 Å². The van der Waals surface area contributed by atoms with E-state index in [9.17, 15) is 19.3 Å². The highest BCUT2D eigenvalue weighted by atomic mass is 19.1. The fraction of sp³-hybridized carbons (Fsp3) is 0.273. The minimum absolute atomic E-state index is 0.0524. The van der Waals surface area contributed by atoms with Gasteiger partial charge in [-0.15, -0.1) is 0 Å². The number of halogens is 1. The van der Waals surface area contributed by atoms with Gasteiger partial charge in [0.25, 0.3) is 5.69 Å². The number of non-ortho nitro benzene ring substituents is 1. The second-order valence-corrected chi connectivity index (χ2v) is 7.32. The van der Waals surface area contributed by atoms with Gasteiger partial charge in [-0.25, -0.2) is 4.39 Å². The maximum absolute atomic E-state index is 13.0. The Balaban J connectivity index is 1.22. The molecule has 0 spiro atoms. The normalized spacial score (nSPS) is 13.9. The third kappa shape index (κ3) is 5.09. The van der Waals surface area contributed by atoms with Crippen LogP contribution in [0.5, 0.6) is 0 Å². The van der Waals surface area contributed by atoms with Crippen molar-refractivity contribution in [1.82, 2.24) is 10.1 Å². The van der Waals surface area contributed by atoms with Crippen LogP contribution in [0.4, 0.5) is 15.8 Å². The van der Waals surface area contributed by atoms with Crippen molar-refractivity contribution in [2.45, 2.75) is 6.61 Å². The molecule has 1 aliphatic rings. The molecule has 32 heavy (non-hydrogen) atoms. The number of piperazine rings is 1. The number of carbonyl (C=O) groups is 1. The first-order valence-electron chi connectivity index (χ1n) is 10.1. The highest BCUT2D eigenvalue weighted by Crippen LogP contribution is 2.22. The number of nitrogens with zero attached hydrogens (tertiary/aromatic N) is 4. The van der Waals surface area contributed by atoms with Crippen LogP contribution in [0.3, 0.4) is 0 Å². The van der Waals surface area contributed by atoms with Crippen molar-refractivity contribution in [3.63, 3.8) is 0 Å². The van der Waals surface area contributed by atoms with Gasteiger partial charge in [0, 0.05) is 55.6 Å². The third-order valence-electron chi connectivity index (χ3n) is 5.22. The van der Waals surface area contributed by atoms with E-state index in [-0.39, 0.29) is 30.6 Å². The van der Waals surface area contributed by atoms with E-state index in [1.807, 2.05) is 0 Å². The molecule has 166 valence electrons. The number of aromatic nitrogens is 1. The average molecular weight is 440 g/mol. The summed E-state index contributed by atoms with van der Waals surface area (Å²) in [5, 5.41) is 14.7. The molecule has 4 rings (SSSR count). The molecule has 3 aromatic rings. The second-order valence-electron chi connectivity index (χ2n) is 7.32. The Bertz CT molecular complexity index is 1080. The second kappa shape index (κ2) is 9.56. The summed E-state index contributed by atoms with van der Waals surface area (Å²) >= 11 is 0. The Labute approximate surface area is 183 Å². The van der Waals surface area contributed by atoms with Crippen molar-refractivity contribution in [1.29, 1.82) is 0 Å². The smallest absolute Gasteiger partial charge is 0.269 e. The number of anilines is 1. The molecule has 9 nitrogen and oxygen atoms in total. The van der Waals surface area contributed by atoms with Gasteiger partial charge < -0.3 is 19.1 Å². The van der Waals surface area contributed by atoms with Gasteiger partial charge >= 0.3 is 0 Å². The summed E-state index contributed by atoms with van der Waals surface area (Å²) in [7, 11) is 0. The molecule has 1 fully saturated rings. The summed E-state index contributed by atoms with van der Waals surface area (Å²) in [6, 6.07) is 14.0. The first-order valence-corrected chi connectivity index (χ1v) is 10.1. The van der Waals surface area contributed by atoms with Crippen LogP contribution < -0.4 is 4.90 Å². The number of carbonyl (C=O) groups excluding carboxylic acids is 1. The lowest BCUT2D eigenvalue weighted by atomic mass is 10.1. The van der Waals surface area contributed by atoms with Crippen LogP contribution in [0.15, 0.2) is 59.1 Å². The quantitative estimate of drug-likeness (QED) is 0.410. The molecular weight excluding hydrogens is 419 g/mol. The molecule has 0 atom stereocenters. The molecule has 0 N–H and O–H groups in total. The zero-order valence-corrected chi connectivity index (χ0v) is 17.1. The number of hydrogen-bond donors (Lipinski definition) is 0. The highest BCUT2D eigenvalue weighted by molar-refractivity contribution is 5.77. The molecule has 1 amide bonds. The van der Waals surface area contributed by atoms with Gasteiger partial charge in [0.05, 0.1) is 11.5 Å². The first kappa shape index (κ1) is 21.4. The van der Waals surface area contributed by atoms with E-state index in [2.05, 4.69) is 10.1 Å². The lowest BCUT2D eigenvalue weighted by molar-refractivity contribution is -0.384. The number of benzene rings is 2. The third-order valence-corrected chi connectivity index (χ3v) is 5.22. The number of ether oxygens (including phenoxy) is 1. The van der Waals surface area contributed by atoms with Crippen molar-refractivity contribution >= 4 is 17.3 Å². The van der Waals surface area contributed by atoms with Gasteiger partial charge in [-0.1, -0.05) is 5.16 Å². The van der Waals surface area contributed by atoms with Crippen LogP contribution >= 0.6 is 0 Å². The summed E-state index contributed by atoms with van der Waals surface area (Å²) in [5.74, 6) is 0.0526. The zero-order chi connectivity index (χ0) is 22.5. The highest BCUT2D eigenvalue weighted by Gasteiger charge is 2.22. The Morgan fingerprint density at radius 2 is 1.78 bits per heavy atom. The van der Waals surface area contributed by atoms with Gasteiger partial charge in [-0.3, -0.25) is 14.9 Å². The van der Waals surface area contributed by atoms with Crippen molar-refractivity contribution < 1.29 is 23.4 Å². The number of nitro groups is 1. The Kier molecular flexibility index (Phi) is 6.41. The van der Waals surface area contributed by atoms with Crippen molar-refractivity contribution in [2.75, 3.05) is 37.7 Å². The molecule has 1 saturated heterocycles. The summed E-state index contributed by atoms with van der Waals surface area (Å²) in [5.41, 5.74) is 2.19. The lowest BCUT2D eigenvalue weighted by Gasteiger charge is -2.36. The standard InChI is InChI=1S/C22H21FN4O5/c23-17-3-1-16(2-4-17)21-13-18(24-32-21)14-31-15-22(28)26-11-9-25(10-12-26)19-5-7-20(8-6-19)27(29)30/h1-8,13H,9-12,14-15H2. The lowest BCUT2D eigenvalue weighted by Crippen LogP contribution is -2.49. The molecular formula is C22H21FN4O5. The van der Waals surface area contributed by atoms with E-state index in [1.165, 1.54) is 24.3 Å². The predicted octanol–water partition coefficient (Wildman–Crippen LogP) is 3.25. The molecule has 1 aromatic heterocycles. The molecule has 10 heteroatoms. The molecule has 0 bridgehead atoms. The number of rotatable bonds is 7. The Hall–Kier alpha value is -3.79. The maximum atomic E-state index is 13.0. The number of nitro benzene ring substituents is 1. The van der Waals surface area contributed by atoms with Crippen LogP contribution in [0.25, 0.3) is 11.3 Å². The molecule has 0 aliphatic carbocycles. The fourth-order valence-electron chi connectivity index (χ4n) is 3.46. The molecule has 1 aliphatic heterocycles. The van der Waals surface area contributed by atoms with E-state index in [0.717, 1.165) is 5.69 Å². The van der Waals surface area contributed by atoms with E-state index < -0.39 is 4.92 Å². The average Bonchev–Trinajstić information content (AvgIpc) is 3.28. The summed E-state index contributed by atoms with van der Waals surface area (Å²) in [4.78, 5) is 26.6. The first-order chi connectivity index (χ1) is 15.5. The van der Waals surface area contributed by atoms with Crippen LogP contribution in [-0.4, -0.2) is 53.7 Å². The predicted molar refractivity (Wildman–Crippen MR) is 113 cm³/mol. The van der Waals surface area contributed by atoms with Crippen LogP contribution in [0, 0.1) is 15.9 Å². The van der Waals surface area contributed by atoms with Gasteiger partial charge in [0.1, 0.15) is 18.1 Å². The van der Waals surface area contributed by atoms with Crippen LogP contribution in [-0.2, 0) is 16.1 Å². The number of hydrogen-bond acceptors (Lipinski definition) is 7.